The van der Waals surface area contributed by atoms with Gasteiger partial charge in [0, 0.05) is 17.0 Å². The standard InChI is InChI=1S/C21H18FN3O2S2/c1-14-5-10-20(19-4-3-11-23-21(14)19)29(26,27)25(12-17-13-28-15(2)24-17)18-8-6-16(22)7-9-18/h3-11,13H,12H2,1-2H3. The van der Waals surface area contributed by atoms with E-state index in [4.69, 9.17) is 0 Å². The molecule has 148 valence electrons. The van der Waals surface area contributed by atoms with Gasteiger partial charge in [0.1, 0.15) is 5.82 Å². The van der Waals surface area contributed by atoms with Crippen LogP contribution >= 0.6 is 11.3 Å². The average Bonchev–Trinajstić information content (AvgIpc) is 3.12. The van der Waals surface area contributed by atoms with E-state index in [1.165, 1.54) is 39.9 Å². The molecule has 5 nitrogen and oxygen atoms in total. The number of rotatable bonds is 5. The lowest BCUT2D eigenvalue weighted by atomic mass is 10.1. The van der Waals surface area contributed by atoms with E-state index in [2.05, 4.69) is 9.97 Å². The number of anilines is 1. The third-order valence-electron chi connectivity index (χ3n) is 4.59. The van der Waals surface area contributed by atoms with Crippen molar-refractivity contribution in [3.63, 3.8) is 0 Å². The van der Waals surface area contributed by atoms with E-state index in [0.717, 1.165) is 10.6 Å². The van der Waals surface area contributed by atoms with Crippen molar-refractivity contribution in [1.82, 2.24) is 9.97 Å². The van der Waals surface area contributed by atoms with Crippen molar-refractivity contribution in [2.45, 2.75) is 25.3 Å². The summed E-state index contributed by atoms with van der Waals surface area (Å²) in [5.74, 6) is -0.430. The third-order valence-corrected chi connectivity index (χ3v) is 7.24. The number of sulfonamides is 1. The van der Waals surface area contributed by atoms with Crippen molar-refractivity contribution in [3.05, 3.63) is 82.2 Å². The number of nitrogens with zero attached hydrogens (tertiary/aromatic N) is 3. The number of thiazole rings is 1. The molecule has 2 aromatic carbocycles. The molecule has 2 aromatic heterocycles. The molecule has 0 saturated heterocycles. The number of hydrogen-bond donors (Lipinski definition) is 0. The van der Waals surface area contributed by atoms with E-state index >= 15 is 0 Å². The molecule has 0 unspecified atom stereocenters. The first-order valence-corrected chi connectivity index (χ1v) is 11.2. The Morgan fingerprint density at radius 3 is 2.52 bits per heavy atom. The molecule has 0 bridgehead atoms. The molecule has 0 aliphatic rings. The van der Waals surface area contributed by atoms with Gasteiger partial charge < -0.3 is 0 Å². The first-order valence-electron chi connectivity index (χ1n) is 8.90. The minimum absolute atomic E-state index is 0.0495. The van der Waals surface area contributed by atoms with Crippen molar-refractivity contribution in [1.29, 1.82) is 0 Å². The van der Waals surface area contributed by atoms with Crippen LogP contribution in [0.3, 0.4) is 0 Å². The van der Waals surface area contributed by atoms with Gasteiger partial charge in [-0.15, -0.1) is 11.3 Å². The van der Waals surface area contributed by atoms with Crippen LogP contribution in [0.5, 0.6) is 0 Å². The maximum absolute atomic E-state index is 13.7. The Morgan fingerprint density at radius 1 is 1.07 bits per heavy atom. The largest absolute Gasteiger partial charge is 0.265 e. The van der Waals surface area contributed by atoms with Gasteiger partial charge in [0.15, 0.2) is 0 Å². The van der Waals surface area contributed by atoms with Gasteiger partial charge in [-0.1, -0.05) is 6.07 Å². The average molecular weight is 428 g/mol. The van der Waals surface area contributed by atoms with Crippen molar-refractivity contribution < 1.29 is 12.8 Å². The first kappa shape index (κ1) is 19.5. The fourth-order valence-corrected chi connectivity index (χ4v) is 5.41. The second kappa shape index (κ2) is 7.53. The van der Waals surface area contributed by atoms with Crippen molar-refractivity contribution in [2.24, 2.45) is 0 Å². The lowest BCUT2D eigenvalue weighted by Crippen LogP contribution is -2.31. The monoisotopic (exact) mass is 427 g/mol. The molecule has 29 heavy (non-hydrogen) atoms. The number of hydrogen-bond acceptors (Lipinski definition) is 5. The van der Waals surface area contributed by atoms with E-state index in [-0.39, 0.29) is 11.4 Å². The van der Waals surface area contributed by atoms with Crippen molar-refractivity contribution in [3.8, 4) is 0 Å². The van der Waals surface area contributed by atoms with E-state index in [0.29, 0.717) is 22.3 Å². The maximum Gasteiger partial charge on any atom is 0.265 e. The van der Waals surface area contributed by atoms with Crippen LogP contribution in [-0.2, 0) is 16.6 Å². The lowest BCUT2D eigenvalue weighted by molar-refractivity contribution is 0.590. The number of pyridine rings is 1. The molecule has 0 atom stereocenters. The Kier molecular flexibility index (Phi) is 5.06. The normalized spacial score (nSPS) is 11.7. The Bertz CT molecular complexity index is 1290. The summed E-state index contributed by atoms with van der Waals surface area (Å²) in [7, 11) is -3.96. The van der Waals surface area contributed by atoms with Crippen LogP contribution in [0.2, 0.25) is 0 Å². The molecule has 0 N–H and O–H groups in total. The summed E-state index contributed by atoms with van der Waals surface area (Å²) in [6.45, 7) is 3.81. The van der Waals surface area contributed by atoms with Gasteiger partial charge in [-0.2, -0.15) is 0 Å². The summed E-state index contributed by atoms with van der Waals surface area (Å²) in [6.07, 6.45) is 1.64. The van der Waals surface area contributed by atoms with Gasteiger partial charge in [-0.3, -0.25) is 9.29 Å². The second-order valence-corrected chi connectivity index (χ2v) is 9.52. The summed E-state index contributed by atoms with van der Waals surface area (Å²) < 4.78 is 42.2. The van der Waals surface area contributed by atoms with Gasteiger partial charge in [-0.05, 0) is 61.9 Å². The third kappa shape index (κ3) is 3.73. The zero-order valence-corrected chi connectivity index (χ0v) is 17.5. The minimum atomic E-state index is -3.96. The predicted octanol–water partition coefficient (Wildman–Crippen LogP) is 4.84. The highest BCUT2D eigenvalue weighted by atomic mass is 32.2. The van der Waals surface area contributed by atoms with Crippen LogP contribution in [0, 0.1) is 19.7 Å². The summed E-state index contributed by atoms with van der Waals surface area (Å²) in [5.41, 5.74) is 2.53. The number of fused-ring (bicyclic) bond motifs is 1. The van der Waals surface area contributed by atoms with Gasteiger partial charge in [0.05, 0.1) is 33.3 Å². The zero-order chi connectivity index (χ0) is 20.6. The number of aromatic nitrogens is 2. The number of aryl methyl sites for hydroxylation is 2. The Morgan fingerprint density at radius 2 is 1.83 bits per heavy atom. The van der Waals surface area contributed by atoms with E-state index in [9.17, 15) is 12.8 Å². The van der Waals surface area contributed by atoms with Gasteiger partial charge in [0.25, 0.3) is 10.0 Å². The summed E-state index contributed by atoms with van der Waals surface area (Å²) in [5, 5.41) is 3.23. The second-order valence-electron chi connectivity index (χ2n) is 6.63. The highest BCUT2D eigenvalue weighted by Crippen LogP contribution is 2.31. The van der Waals surface area contributed by atoms with Crippen molar-refractivity contribution >= 4 is 38.0 Å². The summed E-state index contributed by atoms with van der Waals surface area (Å²) >= 11 is 1.45. The fraction of sp³-hybridized carbons (Fsp3) is 0.143. The molecule has 0 aliphatic carbocycles. The molecule has 0 saturated carbocycles. The maximum atomic E-state index is 13.7. The first-order chi connectivity index (χ1) is 13.9. The minimum Gasteiger partial charge on any atom is -0.260 e. The molecule has 0 aliphatic heterocycles. The van der Waals surface area contributed by atoms with Gasteiger partial charge in [0.2, 0.25) is 0 Å². The van der Waals surface area contributed by atoms with Crippen LogP contribution in [0.25, 0.3) is 10.9 Å². The molecule has 0 radical (unpaired) electrons. The molecular formula is C21H18FN3O2S2. The van der Waals surface area contributed by atoms with Crippen molar-refractivity contribution in [2.75, 3.05) is 4.31 Å². The van der Waals surface area contributed by atoms with Crippen LogP contribution in [0.15, 0.2) is 65.0 Å². The summed E-state index contributed by atoms with van der Waals surface area (Å²) in [4.78, 5) is 8.90. The number of halogens is 1. The Labute approximate surface area is 172 Å². The van der Waals surface area contributed by atoms with Gasteiger partial charge in [-0.25, -0.2) is 17.8 Å². The van der Waals surface area contributed by atoms with Crippen LogP contribution < -0.4 is 4.31 Å². The molecular weight excluding hydrogens is 409 g/mol. The smallest absolute Gasteiger partial charge is 0.260 e. The SMILES string of the molecule is Cc1nc(CN(c2ccc(F)cc2)S(=O)(=O)c2ccc(C)c3ncccc23)cs1. The molecule has 2 heterocycles. The molecule has 0 spiro atoms. The zero-order valence-electron chi connectivity index (χ0n) is 15.8. The molecule has 8 heteroatoms. The molecule has 4 rings (SSSR count). The Hall–Kier alpha value is -2.84. The van der Waals surface area contributed by atoms with Crippen LogP contribution in [0.1, 0.15) is 16.3 Å². The highest BCUT2D eigenvalue weighted by molar-refractivity contribution is 7.93. The topological polar surface area (TPSA) is 63.2 Å². The molecule has 0 amide bonds. The summed E-state index contributed by atoms with van der Waals surface area (Å²) in [6, 6.07) is 12.2. The van der Waals surface area contributed by atoms with E-state index in [1.54, 1.807) is 30.5 Å². The molecule has 0 fully saturated rings. The predicted molar refractivity (Wildman–Crippen MR) is 113 cm³/mol. The lowest BCUT2D eigenvalue weighted by Gasteiger charge is -2.24. The van der Waals surface area contributed by atoms with Gasteiger partial charge >= 0.3 is 0 Å². The Balaban J connectivity index is 1.89. The van der Waals surface area contributed by atoms with E-state index in [1.807, 2.05) is 19.2 Å². The highest BCUT2D eigenvalue weighted by Gasteiger charge is 2.28. The molecule has 4 aromatic rings. The van der Waals surface area contributed by atoms with Crippen LogP contribution in [-0.4, -0.2) is 18.4 Å². The van der Waals surface area contributed by atoms with Crippen LogP contribution in [0.4, 0.5) is 10.1 Å². The number of benzene rings is 2. The van der Waals surface area contributed by atoms with E-state index < -0.39 is 15.8 Å². The fourth-order valence-electron chi connectivity index (χ4n) is 3.18. The quantitative estimate of drug-likeness (QED) is 0.457.